The first kappa shape index (κ1) is 22.3. The summed E-state index contributed by atoms with van der Waals surface area (Å²) in [5.41, 5.74) is -1.41. The van der Waals surface area contributed by atoms with Gasteiger partial charge in [-0.3, -0.25) is 9.59 Å². The second-order valence-electron chi connectivity index (χ2n) is 8.77. The van der Waals surface area contributed by atoms with Crippen molar-refractivity contribution in [3.63, 3.8) is 0 Å². The molecule has 8 heteroatoms. The molecule has 2 atom stereocenters. The largest absolute Gasteiger partial charge is 0.467 e. The molecule has 1 amide bonds. The normalized spacial score (nSPS) is 21.3. The fourth-order valence-electron chi connectivity index (χ4n) is 2.91. The molecule has 0 radical (unpaired) electrons. The first-order valence-electron chi connectivity index (χ1n) is 8.55. The lowest BCUT2D eigenvalue weighted by Crippen LogP contribution is -2.48. The Kier molecular flexibility index (Phi) is 6.42. The van der Waals surface area contributed by atoms with Gasteiger partial charge in [-0.2, -0.15) is 0 Å². The number of alkyl halides is 2. The van der Waals surface area contributed by atoms with Crippen molar-refractivity contribution >= 4 is 17.8 Å². The Morgan fingerprint density at radius 3 is 2.12 bits per heavy atom. The van der Waals surface area contributed by atoms with Crippen molar-refractivity contribution in [3.8, 4) is 0 Å². The number of halogens is 2. The van der Waals surface area contributed by atoms with Gasteiger partial charge in [0.25, 0.3) is 5.92 Å². The topological polar surface area (TPSA) is 72.9 Å². The van der Waals surface area contributed by atoms with Gasteiger partial charge in [0.1, 0.15) is 11.6 Å². The van der Waals surface area contributed by atoms with Crippen molar-refractivity contribution in [2.24, 2.45) is 11.3 Å². The molecular formula is C18H29F2NO5. The Morgan fingerprint density at radius 2 is 1.69 bits per heavy atom. The zero-order chi connectivity index (χ0) is 20.5. The van der Waals surface area contributed by atoms with Crippen LogP contribution in [0.5, 0.6) is 0 Å². The fraction of sp³-hybridized carbons (Fsp3) is 0.833. The molecule has 0 unspecified atom stereocenters. The maximum absolute atomic E-state index is 13.9. The first-order valence-corrected chi connectivity index (χ1v) is 8.55. The third-order valence-electron chi connectivity index (χ3n) is 4.16. The smallest absolute Gasteiger partial charge is 0.328 e. The average molecular weight is 377 g/mol. The molecule has 0 aliphatic carbocycles. The maximum atomic E-state index is 13.9. The van der Waals surface area contributed by atoms with E-state index in [4.69, 9.17) is 4.74 Å². The number of methoxy groups -OCH3 is 1. The quantitative estimate of drug-likeness (QED) is 0.705. The highest BCUT2D eigenvalue weighted by molar-refractivity contribution is 5.89. The van der Waals surface area contributed by atoms with Crippen LogP contribution in [-0.2, 0) is 23.9 Å². The third-order valence-corrected chi connectivity index (χ3v) is 4.16. The molecule has 0 spiro atoms. The summed E-state index contributed by atoms with van der Waals surface area (Å²) in [6, 6.07) is -1.36. The Labute approximate surface area is 153 Å². The van der Waals surface area contributed by atoms with Crippen LogP contribution in [0.25, 0.3) is 0 Å². The van der Waals surface area contributed by atoms with E-state index in [1.54, 1.807) is 41.5 Å². The molecule has 0 aromatic heterocycles. The standard InChI is InChI=1S/C18H29F2NO5/c1-16(2,3)11(8-13(22)26-17(4,5)6)14(23)21-10-18(19,20)9-12(21)15(24)25-7/h11-12H,8-10H2,1-7H3/t11-,12+/m1/s1. The molecule has 6 nitrogen and oxygen atoms in total. The van der Waals surface area contributed by atoms with Crippen molar-refractivity contribution < 1.29 is 32.6 Å². The molecule has 0 bridgehead atoms. The molecule has 0 N–H and O–H groups in total. The van der Waals surface area contributed by atoms with E-state index in [0.29, 0.717) is 0 Å². The second-order valence-corrected chi connectivity index (χ2v) is 8.77. The molecule has 1 aliphatic rings. The first-order chi connectivity index (χ1) is 11.6. The lowest BCUT2D eigenvalue weighted by molar-refractivity contribution is -0.162. The minimum atomic E-state index is -3.18. The van der Waals surface area contributed by atoms with Gasteiger partial charge in [-0.25, -0.2) is 13.6 Å². The summed E-state index contributed by atoms with van der Waals surface area (Å²) in [4.78, 5) is 37.9. The zero-order valence-corrected chi connectivity index (χ0v) is 16.5. The minimum absolute atomic E-state index is 0.254. The molecule has 1 saturated heterocycles. The number of likely N-dealkylation sites (tertiary alicyclic amines) is 1. The van der Waals surface area contributed by atoms with Gasteiger partial charge in [0, 0.05) is 6.42 Å². The summed E-state index contributed by atoms with van der Waals surface area (Å²) in [5.74, 6) is -6.23. The summed E-state index contributed by atoms with van der Waals surface area (Å²) in [6.07, 6.45) is -1.04. The van der Waals surface area contributed by atoms with Gasteiger partial charge < -0.3 is 14.4 Å². The number of carbonyl (C=O) groups excluding carboxylic acids is 3. The summed E-state index contributed by atoms with van der Waals surface area (Å²) >= 11 is 0. The van der Waals surface area contributed by atoms with Crippen molar-refractivity contribution in [2.45, 2.75) is 71.9 Å². The van der Waals surface area contributed by atoms with Gasteiger partial charge in [-0.1, -0.05) is 20.8 Å². The number of amides is 1. The number of carbonyl (C=O) groups is 3. The molecule has 1 rings (SSSR count). The number of rotatable bonds is 4. The Bertz CT molecular complexity index is 563. The highest BCUT2D eigenvalue weighted by Gasteiger charge is 2.52. The second kappa shape index (κ2) is 7.48. The minimum Gasteiger partial charge on any atom is -0.467 e. The van der Waals surface area contributed by atoms with Gasteiger partial charge in [-0.15, -0.1) is 0 Å². The van der Waals surface area contributed by atoms with Crippen LogP contribution in [0.2, 0.25) is 0 Å². The molecule has 1 fully saturated rings. The zero-order valence-electron chi connectivity index (χ0n) is 16.5. The third kappa shape index (κ3) is 5.92. The summed E-state index contributed by atoms with van der Waals surface area (Å²) in [6.45, 7) is 9.45. The summed E-state index contributed by atoms with van der Waals surface area (Å²) < 4.78 is 37.5. The number of nitrogens with zero attached hydrogens (tertiary/aromatic N) is 1. The SMILES string of the molecule is COC(=O)[C@@H]1CC(F)(F)CN1C(=O)[C@@H](CC(=O)OC(C)(C)C)C(C)(C)C. The van der Waals surface area contributed by atoms with Gasteiger partial charge in [0.05, 0.1) is 26.0 Å². The number of esters is 2. The number of hydrogen-bond acceptors (Lipinski definition) is 5. The predicted molar refractivity (Wildman–Crippen MR) is 90.5 cm³/mol. The van der Waals surface area contributed by atoms with Crippen LogP contribution in [0.1, 0.15) is 54.4 Å². The van der Waals surface area contributed by atoms with Gasteiger partial charge in [0.15, 0.2) is 0 Å². The van der Waals surface area contributed by atoms with Gasteiger partial charge >= 0.3 is 11.9 Å². The highest BCUT2D eigenvalue weighted by Crippen LogP contribution is 2.38. The van der Waals surface area contributed by atoms with Crippen molar-refractivity contribution in [1.82, 2.24) is 4.90 Å². The molecule has 26 heavy (non-hydrogen) atoms. The molecule has 0 saturated carbocycles. The predicted octanol–water partition coefficient (Wildman–Crippen LogP) is 2.79. The molecule has 0 aromatic rings. The van der Waals surface area contributed by atoms with E-state index in [0.717, 1.165) is 12.0 Å². The van der Waals surface area contributed by atoms with Crippen LogP contribution in [0, 0.1) is 11.3 Å². The van der Waals surface area contributed by atoms with Crippen LogP contribution >= 0.6 is 0 Å². The van der Waals surface area contributed by atoms with Gasteiger partial charge in [-0.05, 0) is 26.2 Å². The molecule has 150 valence electrons. The summed E-state index contributed by atoms with van der Waals surface area (Å²) in [5, 5.41) is 0. The fourth-order valence-corrected chi connectivity index (χ4v) is 2.91. The van der Waals surface area contributed by atoms with Crippen LogP contribution in [0.15, 0.2) is 0 Å². The van der Waals surface area contributed by atoms with Crippen molar-refractivity contribution in [1.29, 1.82) is 0 Å². The Balaban J connectivity index is 3.08. The average Bonchev–Trinajstić information content (AvgIpc) is 2.76. The van der Waals surface area contributed by atoms with Crippen molar-refractivity contribution in [2.75, 3.05) is 13.7 Å². The lowest BCUT2D eigenvalue weighted by atomic mass is 9.77. The summed E-state index contributed by atoms with van der Waals surface area (Å²) in [7, 11) is 1.09. The highest BCUT2D eigenvalue weighted by atomic mass is 19.3. The van der Waals surface area contributed by atoms with Crippen LogP contribution in [-0.4, -0.2) is 54.0 Å². The number of ether oxygens (including phenoxy) is 2. The van der Waals surface area contributed by atoms with E-state index < -0.39 is 59.7 Å². The molecule has 0 aromatic carbocycles. The van der Waals surface area contributed by atoms with E-state index >= 15 is 0 Å². The lowest BCUT2D eigenvalue weighted by Gasteiger charge is -2.34. The van der Waals surface area contributed by atoms with Crippen molar-refractivity contribution in [3.05, 3.63) is 0 Å². The van der Waals surface area contributed by atoms with Crippen LogP contribution in [0.4, 0.5) is 8.78 Å². The van der Waals surface area contributed by atoms with E-state index in [9.17, 15) is 23.2 Å². The van der Waals surface area contributed by atoms with E-state index in [2.05, 4.69) is 4.74 Å². The maximum Gasteiger partial charge on any atom is 0.328 e. The van der Waals surface area contributed by atoms with E-state index in [1.165, 1.54) is 0 Å². The Morgan fingerprint density at radius 1 is 1.15 bits per heavy atom. The van der Waals surface area contributed by atoms with Crippen LogP contribution < -0.4 is 0 Å². The monoisotopic (exact) mass is 377 g/mol. The Hall–Kier alpha value is -1.73. The molecule has 1 aliphatic heterocycles. The molecular weight excluding hydrogens is 348 g/mol. The van der Waals surface area contributed by atoms with E-state index in [-0.39, 0.29) is 6.42 Å². The molecule has 1 heterocycles. The van der Waals surface area contributed by atoms with Crippen LogP contribution in [0.3, 0.4) is 0 Å². The van der Waals surface area contributed by atoms with E-state index in [1.807, 2.05) is 0 Å². The van der Waals surface area contributed by atoms with Gasteiger partial charge in [0.2, 0.25) is 5.91 Å². The number of hydrogen-bond donors (Lipinski definition) is 0.